The summed E-state index contributed by atoms with van der Waals surface area (Å²) in [6.07, 6.45) is -0.536. The van der Waals surface area contributed by atoms with Crippen LogP contribution >= 0.6 is 0 Å². The van der Waals surface area contributed by atoms with Crippen molar-refractivity contribution in [3.8, 4) is 11.5 Å². The Morgan fingerprint density at radius 3 is 2.64 bits per heavy atom. The van der Waals surface area contributed by atoms with E-state index in [0.717, 1.165) is 10.8 Å². The lowest BCUT2D eigenvalue weighted by atomic mass is 10.0. The van der Waals surface area contributed by atoms with Crippen LogP contribution in [0.5, 0.6) is 11.5 Å². The second-order valence-electron chi connectivity index (χ2n) is 6.29. The lowest BCUT2D eigenvalue weighted by Gasteiger charge is -2.23. The Bertz CT molecular complexity index is 1170. The number of hydrogen-bond donors (Lipinski definition) is 1. The van der Waals surface area contributed by atoms with Gasteiger partial charge in [-0.15, -0.1) is 5.10 Å². The Morgan fingerprint density at radius 2 is 1.71 bits per heavy atom. The van der Waals surface area contributed by atoms with E-state index in [4.69, 9.17) is 13.9 Å². The van der Waals surface area contributed by atoms with Gasteiger partial charge in [0.2, 0.25) is 6.10 Å². The number of benzene rings is 3. The van der Waals surface area contributed by atoms with Crippen molar-refractivity contribution in [1.82, 2.24) is 10.2 Å². The first-order chi connectivity index (χ1) is 13.8. The second-order valence-corrected chi connectivity index (χ2v) is 6.29. The molecule has 0 saturated heterocycles. The molecule has 138 valence electrons. The predicted octanol–water partition coefficient (Wildman–Crippen LogP) is 3.99. The largest absolute Gasteiger partial charge is 0.485 e. The van der Waals surface area contributed by atoms with Crippen LogP contribution in [-0.4, -0.2) is 22.7 Å². The summed E-state index contributed by atoms with van der Waals surface area (Å²) < 4.78 is 17.1. The molecule has 0 fully saturated rings. The molecule has 4 aromatic rings. The summed E-state index contributed by atoms with van der Waals surface area (Å²) in [7, 11) is 0. The van der Waals surface area contributed by atoms with E-state index in [1.165, 1.54) is 0 Å². The maximum atomic E-state index is 12.7. The van der Waals surface area contributed by atoms with Gasteiger partial charge in [-0.2, -0.15) is 0 Å². The number of amides is 1. The molecule has 1 aromatic heterocycles. The Kier molecular flexibility index (Phi) is 3.90. The molecule has 0 spiro atoms. The van der Waals surface area contributed by atoms with Gasteiger partial charge in [-0.3, -0.25) is 10.1 Å². The first kappa shape index (κ1) is 16.3. The Hall–Kier alpha value is -3.87. The molecule has 1 atom stereocenters. The van der Waals surface area contributed by atoms with Crippen LogP contribution in [0, 0.1) is 0 Å². The van der Waals surface area contributed by atoms with E-state index in [2.05, 4.69) is 15.5 Å². The van der Waals surface area contributed by atoms with Gasteiger partial charge in [0.1, 0.15) is 6.61 Å². The zero-order valence-corrected chi connectivity index (χ0v) is 14.7. The Labute approximate surface area is 159 Å². The molecule has 1 amide bonds. The van der Waals surface area contributed by atoms with Crippen molar-refractivity contribution >= 4 is 22.7 Å². The smallest absolute Gasteiger partial charge is 0.322 e. The number of aromatic nitrogens is 2. The summed E-state index contributed by atoms with van der Waals surface area (Å²) >= 11 is 0. The zero-order valence-electron chi connectivity index (χ0n) is 14.7. The van der Waals surface area contributed by atoms with E-state index in [0.29, 0.717) is 17.1 Å². The number of hydrogen-bond acceptors (Lipinski definition) is 6. The lowest BCUT2D eigenvalue weighted by Crippen LogP contribution is -2.21. The zero-order chi connectivity index (χ0) is 18.9. The van der Waals surface area contributed by atoms with Gasteiger partial charge in [-0.25, -0.2) is 0 Å². The summed E-state index contributed by atoms with van der Waals surface area (Å²) in [6, 6.07) is 20.6. The normalized spacial score (nSPS) is 15.4. The van der Waals surface area contributed by atoms with E-state index in [1.54, 1.807) is 12.1 Å². The average Bonchev–Trinajstić information content (AvgIpc) is 3.21. The molecular formula is C21H15N3O4. The number of nitrogens with one attached hydrogen (secondary N) is 1. The number of nitrogens with zero attached hydrogens (tertiary/aromatic N) is 2. The number of rotatable bonds is 3. The minimum Gasteiger partial charge on any atom is -0.485 e. The highest BCUT2D eigenvalue weighted by Gasteiger charge is 2.27. The van der Waals surface area contributed by atoms with Crippen LogP contribution in [0.25, 0.3) is 10.8 Å². The third kappa shape index (κ3) is 2.92. The van der Waals surface area contributed by atoms with Crippen LogP contribution in [0.15, 0.2) is 71.1 Å². The number of carbonyl (C=O) groups is 1. The quantitative estimate of drug-likeness (QED) is 0.584. The SMILES string of the molecule is O=C(Nc1nnc([C@@H]2COc3ccccc3O2)o1)c1cccc2ccccc12. The number of fused-ring (bicyclic) bond motifs is 2. The van der Waals surface area contributed by atoms with Crippen LogP contribution in [0.3, 0.4) is 0 Å². The Balaban J connectivity index is 1.35. The van der Waals surface area contributed by atoms with Gasteiger partial charge in [0, 0.05) is 5.56 Å². The Morgan fingerprint density at radius 1 is 0.929 bits per heavy atom. The molecule has 0 aliphatic carbocycles. The minimum absolute atomic E-state index is 0.00962. The van der Waals surface area contributed by atoms with Crippen molar-refractivity contribution in [3.63, 3.8) is 0 Å². The highest BCUT2D eigenvalue weighted by Crippen LogP contribution is 2.35. The monoisotopic (exact) mass is 373 g/mol. The summed E-state index contributed by atoms with van der Waals surface area (Å²) in [6.45, 7) is 0.246. The fourth-order valence-corrected chi connectivity index (χ4v) is 3.14. The van der Waals surface area contributed by atoms with E-state index < -0.39 is 6.10 Å². The molecule has 1 aliphatic heterocycles. The fraction of sp³-hybridized carbons (Fsp3) is 0.0952. The third-order valence-electron chi connectivity index (χ3n) is 4.48. The highest BCUT2D eigenvalue weighted by atomic mass is 16.6. The van der Waals surface area contributed by atoms with Crippen molar-refractivity contribution in [2.75, 3.05) is 11.9 Å². The predicted molar refractivity (Wildman–Crippen MR) is 102 cm³/mol. The topological polar surface area (TPSA) is 86.5 Å². The second kappa shape index (κ2) is 6.70. The maximum absolute atomic E-state index is 12.7. The van der Waals surface area contributed by atoms with Crippen LogP contribution in [-0.2, 0) is 0 Å². The van der Waals surface area contributed by atoms with Crippen LogP contribution in [0.2, 0.25) is 0 Å². The van der Waals surface area contributed by atoms with Gasteiger partial charge >= 0.3 is 6.01 Å². The molecular weight excluding hydrogens is 358 g/mol. The molecule has 3 aromatic carbocycles. The molecule has 2 heterocycles. The molecule has 1 aliphatic rings. The van der Waals surface area contributed by atoms with E-state index >= 15 is 0 Å². The number of anilines is 1. The summed E-state index contributed by atoms with van der Waals surface area (Å²) in [4.78, 5) is 12.7. The maximum Gasteiger partial charge on any atom is 0.322 e. The van der Waals surface area contributed by atoms with Gasteiger partial charge in [0.15, 0.2) is 11.5 Å². The molecule has 7 heteroatoms. The molecule has 0 bridgehead atoms. The average molecular weight is 373 g/mol. The summed E-state index contributed by atoms with van der Waals surface area (Å²) in [5.41, 5.74) is 0.532. The van der Waals surface area contributed by atoms with Crippen molar-refractivity contribution in [2.24, 2.45) is 0 Å². The van der Waals surface area contributed by atoms with E-state index in [9.17, 15) is 4.79 Å². The third-order valence-corrected chi connectivity index (χ3v) is 4.48. The lowest BCUT2D eigenvalue weighted by molar-refractivity contribution is 0.0716. The molecule has 7 nitrogen and oxygen atoms in total. The summed E-state index contributed by atoms with van der Waals surface area (Å²) in [5.74, 6) is 1.20. The fourth-order valence-electron chi connectivity index (χ4n) is 3.14. The number of carbonyl (C=O) groups excluding carboxylic acids is 1. The van der Waals surface area contributed by atoms with Crippen LogP contribution in [0.1, 0.15) is 22.4 Å². The molecule has 0 saturated carbocycles. The summed E-state index contributed by atoms with van der Waals surface area (Å²) in [5, 5.41) is 12.4. The molecule has 1 N–H and O–H groups in total. The van der Waals surface area contributed by atoms with Gasteiger partial charge in [-0.05, 0) is 29.0 Å². The van der Waals surface area contributed by atoms with Crippen LogP contribution < -0.4 is 14.8 Å². The van der Waals surface area contributed by atoms with Gasteiger partial charge < -0.3 is 13.9 Å². The number of para-hydroxylation sites is 2. The molecule has 0 unspecified atom stereocenters. The van der Waals surface area contributed by atoms with E-state index in [1.807, 2.05) is 54.6 Å². The first-order valence-electron chi connectivity index (χ1n) is 8.79. The van der Waals surface area contributed by atoms with Gasteiger partial charge in [0.05, 0.1) is 0 Å². The van der Waals surface area contributed by atoms with Crippen molar-refractivity contribution in [2.45, 2.75) is 6.10 Å². The van der Waals surface area contributed by atoms with Crippen molar-refractivity contribution < 1.29 is 18.7 Å². The van der Waals surface area contributed by atoms with Crippen molar-refractivity contribution in [3.05, 3.63) is 78.2 Å². The minimum atomic E-state index is -0.536. The standard InChI is InChI=1S/C21H15N3O4/c25-19(15-9-5-7-13-6-1-2-8-14(13)15)22-21-24-23-20(28-21)18-12-26-16-10-3-4-11-17(16)27-18/h1-11,18H,12H2,(H,22,24,25)/t18-/m0/s1. The van der Waals surface area contributed by atoms with E-state index in [-0.39, 0.29) is 24.4 Å². The van der Waals surface area contributed by atoms with Crippen molar-refractivity contribution in [1.29, 1.82) is 0 Å². The number of ether oxygens (including phenoxy) is 2. The molecule has 28 heavy (non-hydrogen) atoms. The first-order valence-corrected chi connectivity index (χ1v) is 8.79. The van der Waals surface area contributed by atoms with Gasteiger partial charge in [0.25, 0.3) is 11.8 Å². The highest BCUT2D eigenvalue weighted by molar-refractivity contribution is 6.12. The molecule has 5 rings (SSSR count). The van der Waals surface area contributed by atoms with Crippen LogP contribution in [0.4, 0.5) is 6.01 Å². The molecule has 0 radical (unpaired) electrons. The van der Waals surface area contributed by atoms with Gasteiger partial charge in [-0.1, -0.05) is 53.6 Å².